The number of nitrogens with zero attached hydrogens (tertiary/aromatic N) is 2. The number of anilines is 2. The fourth-order valence-electron chi connectivity index (χ4n) is 5.32. The average molecular weight is 501 g/mol. The molecule has 0 saturated carbocycles. The van der Waals surface area contributed by atoms with Crippen molar-refractivity contribution in [2.45, 2.75) is 27.7 Å². The van der Waals surface area contributed by atoms with E-state index < -0.39 is 0 Å². The number of rotatable bonds is 11. The standard InChI is InChI=1S/C36H40N2/c1-6-37(7-2)33-26-18-16-24-31(33)36(32-25-17-19-27-34(32)38(8-3)9-4)35(30-22-14-11-15-23-30)28(5)29-20-12-10-13-21-29/h10-27H,5-9H2,1-4H3. The lowest BCUT2D eigenvalue weighted by atomic mass is 9.82. The summed E-state index contributed by atoms with van der Waals surface area (Å²) in [7, 11) is 0. The van der Waals surface area contributed by atoms with E-state index in [0.29, 0.717) is 0 Å². The molecule has 0 aromatic heterocycles. The molecule has 0 heterocycles. The maximum Gasteiger partial charge on any atom is 0.0446 e. The van der Waals surface area contributed by atoms with E-state index in [0.717, 1.165) is 42.9 Å². The van der Waals surface area contributed by atoms with E-state index in [-0.39, 0.29) is 0 Å². The zero-order valence-corrected chi connectivity index (χ0v) is 23.3. The van der Waals surface area contributed by atoms with Crippen LogP contribution in [0, 0.1) is 0 Å². The summed E-state index contributed by atoms with van der Waals surface area (Å²) in [6, 6.07) is 39.0. The molecule has 4 rings (SSSR count). The van der Waals surface area contributed by atoms with Gasteiger partial charge < -0.3 is 9.80 Å². The minimum absolute atomic E-state index is 0.943. The third-order valence-corrected chi connectivity index (χ3v) is 7.29. The highest BCUT2D eigenvalue weighted by Gasteiger charge is 2.24. The van der Waals surface area contributed by atoms with Gasteiger partial charge in [-0.15, -0.1) is 0 Å². The topological polar surface area (TPSA) is 6.48 Å². The van der Waals surface area contributed by atoms with Crippen LogP contribution in [-0.4, -0.2) is 26.2 Å². The Morgan fingerprint density at radius 1 is 0.500 bits per heavy atom. The van der Waals surface area contributed by atoms with Crippen molar-refractivity contribution in [1.29, 1.82) is 0 Å². The Morgan fingerprint density at radius 2 is 0.868 bits per heavy atom. The lowest BCUT2D eigenvalue weighted by Gasteiger charge is -2.30. The van der Waals surface area contributed by atoms with Gasteiger partial charge >= 0.3 is 0 Å². The predicted molar refractivity (Wildman–Crippen MR) is 168 cm³/mol. The molecule has 0 atom stereocenters. The van der Waals surface area contributed by atoms with Crippen LogP contribution in [0.5, 0.6) is 0 Å². The molecule has 0 aliphatic rings. The minimum atomic E-state index is 0.943. The van der Waals surface area contributed by atoms with Crippen LogP contribution in [0.1, 0.15) is 49.9 Å². The molecule has 0 bridgehead atoms. The minimum Gasteiger partial charge on any atom is -0.372 e. The average Bonchev–Trinajstić information content (AvgIpc) is 2.98. The van der Waals surface area contributed by atoms with Gasteiger partial charge in [0.1, 0.15) is 0 Å². The van der Waals surface area contributed by atoms with Gasteiger partial charge in [0.2, 0.25) is 0 Å². The SMILES string of the molecule is C=C(C(=C(c1ccccc1N(CC)CC)c1ccccc1N(CC)CC)c1ccccc1)c1ccccc1. The van der Waals surface area contributed by atoms with Crippen molar-refractivity contribution in [3.63, 3.8) is 0 Å². The zero-order valence-electron chi connectivity index (χ0n) is 23.3. The molecule has 2 heteroatoms. The van der Waals surface area contributed by atoms with Gasteiger partial charge in [-0.2, -0.15) is 0 Å². The van der Waals surface area contributed by atoms with Crippen molar-refractivity contribution >= 4 is 28.1 Å². The molecule has 0 aliphatic heterocycles. The number of hydrogen-bond acceptors (Lipinski definition) is 2. The Labute approximate surface area is 229 Å². The summed E-state index contributed by atoms with van der Waals surface area (Å²) in [5.74, 6) is 0. The van der Waals surface area contributed by atoms with Crippen molar-refractivity contribution in [1.82, 2.24) is 0 Å². The molecule has 38 heavy (non-hydrogen) atoms. The Kier molecular flexibility index (Phi) is 9.21. The zero-order chi connectivity index (χ0) is 26.9. The van der Waals surface area contributed by atoms with E-state index in [1.807, 2.05) is 0 Å². The van der Waals surface area contributed by atoms with Crippen LogP contribution in [0.3, 0.4) is 0 Å². The molecule has 0 aliphatic carbocycles. The third kappa shape index (κ3) is 5.60. The number of allylic oxidation sites excluding steroid dienone is 2. The summed E-state index contributed by atoms with van der Waals surface area (Å²) in [5, 5.41) is 0. The van der Waals surface area contributed by atoms with Crippen molar-refractivity contribution in [2.75, 3.05) is 36.0 Å². The van der Waals surface area contributed by atoms with E-state index in [2.05, 4.69) is 147 Å². The van der Waals surface area contributed by atoms with Crippen molar-refractivity contribution < 1.29 is 0 Å². The normalized spacial score (nSPS) is 10.6. The van der Waals surface area contributed by atoms with Crippen molar-refractivity contribution in [2.24, 2.45) is 0 Å². The molecule has 0 unspecified atom stereocenters. The van der Waals surface area contributed by atoms with Gasteiger partial charge in [0.15, 0.2) is 0 Å². The van der Waals surface area contributed by atoms with Crippen LogP contribution < -0.4 is 9.80 Å². The van der Waals surface area contributed by atoms with Gasteiger partial charge in [0.05, 0.1) is 0 Å². The first kappa shape index (κ1) is 27.0. The number of benzene rings is 4. The number of hydrogen-bond donors (Lipinski definition) is 0. The summed E-state index contributed by atoms with van der Waals surface area (Å²) in [6.45, 7) is 17.4. The van der Waals surface area contributed by atoms with Crippen LogP contribution in [0.15, 0.2) is 116 Å². The highest BCUT2D eigenvalue weighted by atomic mass is 15.1. The van der Waals surface area contributed by atoms with Crippen LogP contribution in [-0.2, 0) is 0 Å². The molecule has 0 radical (unpaired) electrons. The summed E-state index contributed by atoms with van der Waals surface area (Å²) >= 11 is 0. The second kappa shape index (κ2) is 13.0. The molecule has 4 aromatic rings. The molecule has 194 valence electrons. The molecule has 0 fully saturated rings. The third-order valence-electron chi connectivity index (χ3n) is 7.29. The molecule has 4 aromatic carbocycles. The van der Waals surface area contributed by atoms with Gasteiger partial charge in [-0.05, 0) is 62.1 Å². The van der Waals surface area contributed by atoms with E-state index in [1.54, 1.807) is 0 Å². The van der Waals surface area contributed by atoms with Gasteiger partial charge in [-0.3, -0.25) is 0 Å². The first-order valence-corrected chi connectivity index (χ1v) is 13.9. The summed E-state index contributed by atoms with van der Waals surface area (Å²) < 4.78 is 0. The predicted octanol–water partition coefficient (Wildman–Crippen LogP) is 9.05. The van der Waals surface area contributed by atoms with Crippen molar-refractivity contribution in [3.8, 4) is 0 Å². The maximum atomic E-state index is 4.72. The lowest BCUT2D eigenvalue weighted by molar-refractivity contribution is 0.862. The Balaban J connectivity index is 2.18. The molecule has 0 saturated heterocycles. The second-order valence-corrected chi connectivity index (χ2v) is 9.34. The molecular weight excluding hydrogens is 460 g/mol. The van der Waals surface area contributed by atoms with Gasteiger partial charge in [0, 0.05) is 54.3 Å². The summed E-state index contributed by atoms with van der Waals surface area (Å²) in [6.07, 6.45) is 0. The van der Waals surface area contributed by atoms with Crippen LogP contribution in [0.25, 0.3) is 16.7 Å². The Bertz CT molecular complexity index is 1300. The smallest absolute Gasteiger partial charge is 0.0446 e. The van der Waals surface area contributed by atoms with E-state index in [9.17, 15) is 0 Å². The highest BCUT2D eigenvalue weighted by molar-refractivity contribution is 6.19. The fraction of sp³-hybridized carbons (Fsp3) is 0.222. The lowest BCUT2D eigenvalue weighted by Crippen LogP contribution is -2.24. The Morgan fingerprint density at radius 3 is 1.29 bits per heavy atom. The Hall–Kier alpha value is -4.04. The first-order valence-electron chi connectivity index (χ1n) is 13.9. The maximum absolute atomic E-state index is 4.72. The van der Waals surface area contributed by atoms with Crippen LogP contribution in [0.2, 0.25) is 0 Å². The summed E-state index contributed by atoms with van der Waals surface area (Å²) in [5.41, 5.74) is 10.6. The number of para-hydroxylation sites is 2. The molecule has 0 spiro atoms. The van der Waals surface area contributed by atoms with Crippen LogP contribution in [0.4, 0.5) is 11.4 Å². The first-order chi connectivity index (χ1) is 18.6. The van der Waals surface area contributed by atoms with E-state index >= 15 is 0 Å². The quantitative estimate of drug-likeness (QED) is 0.150. The van der Waals surface area contributed by atoms with Gasteiger partial charge in [-0.1, -0.05) is 104 Å². The van der Waals surface area contributed by atoms with Gasteiger partial charge in [0.25, 0.3) is 0 Å². The molecule has 2 nitrogen and oxygen atoms in total. The fourth-order valence-corrected chi connectivity index (χ4v) is 5.32. The van der Waals surface area contributed by atoms with Crippen molar-refractivity contribution in [3.05, 3.63) is 138 Å². The summed E-state index contributed by atoms with van der Waals surface area (Å²) in [4.78, 5) is 4.90. The molecule has 0 N–H and O–H groups in total. The van der Waals surface area contributed by atoms with Gasteiger partial charge in [-0.25, -0.2) is 0 Å². The van der Waals surface area contributed by atoms with E-state index in [4.69, 9.17) is 6.58 Å². The van der Waals surface area contributed by atoms with E-state index in [1.165, 1.54) is 33.6 Å². The van der Waals surface area contributed by atoms with Crippen LogP contribution >= 0.6 is 0 Å². The second-order valence-electron chi connectivity index (χ2n) is 9.34. The molecule has 0 amide bonds. The highest BCUT2D eigenvalue weighted by Crippen LogP contribution is 2.45. The monoisotopic (exact) mass is 500 g/mol. The largest absolute Gasteiger partial charge is 0.372 e. The molecular formula is C36H40N2.